The second-order valence-corrected chi connectivity index (χ2v) is 13.6. The fraction of sp³-hybridized carbons (Fsp3) is 0.545. The molecule has 1 aromatic carbocycles. The number of aliphatic hydroxyl groups excluding tert-OH is 1. The Kier molecular flexibility index (Phi) is 9.58. The molecule has 0 radical (unpaired) electrons. The van der Waals surface area contributed by atoms with Crippen molar-refractivity contribution < 1.29 is 48.0 Å². The van der Waals surface area contributed by atoms with E-state index in [4.69, 9.17) is 18.9 Å². The summed E-state index contributed by atoms with van der Waals surface area (Å²) in [6, 6.07) is 5.70. The number of carbonyl (C=O) groups excluding carboxylic acids is 5. The minimum absolute atomic E-state index is 0.0184. The number of nitrogens with zero attached hydrogens (tertiary/aromatic N) is 1. The van der Waals surface area contributed by atoms with Gasteiger partial charge in [0.05, 0.1) is 30.4 Å². The molecule has 1 aromatic heterocycles. The number of nitrogens with one attached hydrogen (secondary N) is 2. The summed E-state index contributed by atoms with van der Waals surface area (Å²) in [5.74, 6) is -4.64. The van der Waals surface area contributed by atoms with Gasteiger partial charge in [-0.15, -0.1) is 0 Å². The highest BCUT2D eigenvalue weighted by Gasteiger charge is 2.76. The molecule has 2 amide bonds. The Bertz CT molecular complexity index is 1530. The highest BCUT2D eigenvalue weighted by Crippen LogP contribution is 2.63. The normalized spacial score (nSPS) is 24.3. The molecule has 2 aliphatic carbocycles. The van der Waals surface area contributed by atoms with Gasteiger partial charge in [0, 0.05) is 36.3 Å². The van der Waals surface area contributed by atoms with Gasteiger partial charge in [0.25, 0.3) is 0 Å². The van der Waals surface area contributed by atoms with Crippen molar-refractivity contribution in [2.75, 3.05) is 6.61 Å². The van der Waals surface area contributed by atoms with Crippen LogP contribution in [-0.2, 0) is 39.8 Å². The maximum atomic E-state index is 14.2. The molecule has 6 atom stereocenters. The van der Waals surface area contributed by atoms with Crippen LogP contribution in [0.1, 0.15) is 60.5 Å². The third-order valence-corrected chi connectivity index (χ3v) is 7.89. The van der Waals surface area contributed by atoms with Crippen molar-refractivity contribution in [3.63, 3.8) is 0 Å². The van der Waals surface area contributed by atoms with E-state index in [2.05, 4.69) is 17.2 Å². The van der Waals surface area contributed by atoms with Gasteiger partial charge in [-0.05, 0) is 60.1 Å². The smallest absolute Gasteiger partial charge is 0.419 e. The second-order valence-electron chi connectivity index (χ2n) is 13.6. The average molecular weight is 642 g/mol. The largest absolute Gasteiger partial charge is 0.464 e. The van der Waals surface area contributed by atoms with E-state index in [1.807, 2.05) is 0 Å². The van der Waals surface area contributed by atoms with Crippen molar-refractivity contribution in [2.24, 2.45) is 17.8 Å². The van der Waals surface area contributed by atoms with Crippen molar-refractivity contribution in [1.82, 2.24) is 15.2 Å². The zero-order valence-electron chi connectivity index (χ0n) is 27.2. The molecule has 13 nitrogen and oxygen atoms in total. The number of aromatic nitrogens is 1. The van der Waals surface area contributed by atoms with Gasteiger partial charge < -0.3 is 34.7 Å². The van der Waals surface area contributed by atoms with Gasteiger partial charge >= 0.3 is 24.1 Å². The van der Waals surface area contributed by atoms with E-state index in [1.165, 1.54) is 10.8 Å². The van der Waals surface area contributed by atoms with E-state index < -0.39 is 76.7 Å². The number of aliphatic hydroxyl groups is 1. The molecule has 2 fully saturated rings. The topological polar surface area (TPSA) is 171 Å². The molecular weight excluding hydrogens is 598 g/mol. The first kappa shape index (κ1) is 34.5. The molecule has 0 saturated heterocycles. The lowest BCUT2D eigenvalue weighted by Crippen LogP contribution is -2.62. The summed E-state index contributed by atoms with van der Waals surface area (Å²) in [4.78, 5) is 66.4. The number of rotatable bonds is 9. The Labute approximate surface area is 267 Å². The molecule has 3 N–H and O–H groups in total. The molecule has 0 unspecified atom stereocenters. The minimum Gasteiger partial charge on any atom is -0.464 e. The standard InChI is InChI=1S/C33H43N3O10/c1-9-43-27(39)24-23-22(37)16-33(25(23)24,28(40)44-10-2)35-26(38)20(34-29(41)45-31(3,4)5)15-18-17-36(30(42)46-32(6,7)8)21-14-12-11-13-19(18)21/h9,11-14,17,20,22-25,37H,1,10,15-16H2,2-8H3,(H,34,41)(H,35,38)/t20-,22-,23-,24-,25-,33-/m0/s1. The number of fused-ring (bicyclic) bond motifs is 2. The van der Waals surface area contributed by atoms with Crippen molar-refractivity contribution in [3.05, 3.63) is 48.9 Å². The molecule has 46 heavy (non-hydrogen) atoms. The molecular formula is C33H43N3O10. The van der Waals surface area contributed by atoms with Gasteiger partial charge in [0.15, 0.2) is 0 Å². The van der Waals surface area contributed by atoms with Gasteiger partial charge in [-0.3, -0.25) is 14.2 Å². The van der Waals surface area contributed by atoms with Crippen molar-refractivity contribution in [1.29, 1.82) is 0 Å². The number of benzene rings is 1. The number of ether oxygens (including phenoxy) is 4. The van der Waals surface area contributed by atoms with E-state index in [1.54, 1.807) is 72.7 Å². The summed E-state index contributed by atoms with van der Waals surface area (Å²) in [6.07, 6.45) is -0.468. The van der Waals surface area contributed by atoms with Gasteiger partial charge in [0.1, 0.15) is 22.8 Å². The predicted octanol–water partition coefficient (Wildman–Crippen LogP) is 3.59. The molecule has 250 valence electrons. The first-order valence-electron chi connectivity index (χ1n) is 15.2. The van der Waals surface area contributed by atoms with Crippen molar-refractivity contribution in [2.45, 2.75) is 90.2 Å². The number of para-hydroxylation sites is 1. The van der Waals surface area contributed by atoms with Crippen molar-refractivity contribution in [3.8, 4) is 0 Å². The lowest BCUT2D eigenvalue weighted by molar-refractivity contribution is -0.156. The molecule has 2 aliphatic rings. The van der Waals surface area contributed by atoms with Crippen molar-refractivity contribution >= 4 is 40.9 Å². The highest BCUT2D eigenvalue weighted by molar-refractivity contribution is 5.96. The Balaban J connectivity index is 1.72. The van der Waals surface area contributed by atoms with E-state index in [-0.39, 0.29) is 19.4 Å². The van der Waals surface area contributed by atoms with Gasteiger partial charge in [0.2, 0.25) is 5.91 Å². The van der Waals surface area contributed by atoms with E-state index in [0.29, 0.717) is 16.5 Å². The summed E-state index contributed by atoms with van der Waals surface area (Å²) in [5, 5.41) is 16.8. The van der Waals surface area contributed by atoms with Crippen LogP contribution < -0.4 is 10.6 Å². The number of alkyl carbamates (subject to hydrolysis) is 1. The maximum absolute atomic E-state index is 14.2. The summed E-state index contributed by atoms with van der Waals surface area (Å²) < 4.78 is 22.6. The van der Waals surface area contributed by atoms with E-state index in [9.17, 15) is 29.1 Å². The second kappa shape index (κ2) is 12.8. The Morgan fingerprint density at radius 3 is 2.35 bits per heavy atom. The zero-order chi connectivity index (χ0) is 34.2. The van der Waals surface area contributed by atoms with Crippen LogP contribution >= 0.6 is 0 Å². The summed E-state index contributed by atoms with van der Waals surface area (Å²) >= 11 is 0. The van der Waals surface area contributed by atoms with E-state index >= 15 is 0 Å². The zero-order valence-corrected chi connectivity index (χ0v) is 27.2. The minimum atomic E-state index is -1.78. The maximum Gasteiger partial charge on any atom is 0.419 e. The van der Waals surface area contributed by atoms with Crippen LogP contribution in [0.4, 0.5) is 9.59 Å². The lowest BCUT2D eigenvalue weighted by Gasteiger charge is -2.33. The molecule has 0 aliphatic heterocycles. The Hall–Kier alpha value is -4.39. The molecule has 2 aromatic rings. The number of hydrogen-bond donors (Lipinski definition) is 3. The molecule has 2 saturated carbocycles. The average Bonchev–Trinajstić information content (AvgIpc) is 3.50. The molecule has 13 heteroatoms. The number of amides is 2. The van der Waals surface area contributed by atoms with E-state index in [0.717, 1.165) is 6.26 Å². The van der Waals surface area contributed by atoms with Crippen LogP contribution in [0.3, 0.4) is 0 Å². The van der Waals surface area contributed by atoms with Gasteiger partial charge in [-0.2, -0.15) is 0 Å². The molecule has 4 rings (SSSR count). The summed E-state index contributed by atoms with van der Waals surface area (Å²) in [6.45, 7) is 15.2. The highest BCUT2D eigenvalue weighted by atomic mass is 16.6. The van der Waals surface area contributed by atoms with Crippen LogP contribution in [0.25, 0.3) is 10.9 Å². The van der Waals surface area contributed by atoms with Crippen LogP contribution in [0.15, 0.2) is 43.3 Å². The van der Waals surface area contributed by atoms with Crippen LogP contribution in [-0.4, -0.2) is 75.2 Å². The molecule has 0 bridgehead atoms. The number of hydrogen-bond acceptors (Lipinski definition) is 10. The third kappa shape index (κ3) is 7.19. The lowest BCUT2D eigenvalue weighted by atomic mass is 9.88. The fourth-order valence-corrected chi connectivity index (χ4v) is 6.24. The molecule has 1 heterocycles. The van der Waals surface area contributed by atoms with Crippen LogP contribution in [0, 0.1) is 17.8 Å². The summed E-state index contributed by atoms with van der Waals surface area (Å²) in [7, 11) is 0. The van der Waals surface area contributed by atoms with Gasteiger partial charge in [-0.1, -0.05) is 24.8 Å². The van der Waals surface area contributed by atoms with Gasteiger partial charge in [-0.25, -0.2) is 14.4 Å². The number of esters is 2. The quantitative estimate of drug-likeness (QED) is 0.209. The first-order valence-corrected chi connectivity index (χ1v) is 15.2. The third-order valence-electron chi connectivity index (χ3n) is 7.89. The fourth-order valence-electron chi connectivity index (χ4n) is 6.24. The predicted molar refractivity (Wildman–Crippen MR) is 165 cm³/mol. The Morgan fingerprint density at radius 2 is 1.74 bits per heavy atom. The monoisotopic (exact) mass is 641 g/mol. The Morgan fingerprint density at radius 1 is 1.09 bits per heavy atom. The molecule has 0 spiro atoms. The summed E-state index contributed by atoms with van der Waals surface area (Å²) in [5.41, 5.74) is -2.40. The number of carbonyl (C=O) groups is 5. The first-order chi connectivity index (χ1) is 21.4. The van der Waals surface area contributed by atoms with Crippen LogP contribution in [0.5, 0.6) is 0 Å². The SMILES string of the molecule is C=COC(=O)[C@H]1[C@H]2[C@@H]1[C@](NC(=O)[C@H](Cc1cn(C(=O)OC(C)(C)C)c3ccccc13)NC(=O)OC(C)(C)C)(C(=O)OCC)C[C@@H]2O. The van der Waals surface area contributed by atoms with Crippen LogP contribution in [0.2, 0.25) is 0 Å².